The van der Waals surface area contributed by atoms with Crippen LogP contribution in [0.2, 0.25) is 5.02 Å². The van der Waals surface area contributed by atoms with E-state index >= 15 is 0 Å². The average molecular weight is 297 g/mol. The third-order valence-corrected chi connectivity index (χ3v) is 4.81. The van der Waals surface area contributed by atoms with Crippen molar-refractivity contribution in [1.29, 1.82) is 0 Å². The van der Waals surface area contributed by atoms with Crippen LogP contribution in [0.25, 0.3) is 10.6 Å². The zero-order valence-corrected chi connectivity index (χ0v) is 12.1. The summed E-state index contributed by atoms with van der Waals surface area (Å²) in [5, 5.41) is 4.56. The molecule has 2 aromatic rings. The Bertz CT molecular complexity index is 591. The van der Waals surface area contributed by atoms with Crippen molar-refractivity contribution in [3.63, 3.8) is 0 Å². The Balaban J connectivity index is 2.04. The zero-order valence-electron chi connectivity index (χ0n) is 10.5. The van der Waals surface area contributed by atoms with Gasteiger partial charge in [-0.2, -0.15) is 0 Å². The van der Waals surface area contributed by atoms with Crippen LogP contribution in [0.15, 0.2) is 18.2 Å². The van der Waals surface area contributed by atoms with E-state index in [2.05, 4.69) is 10.3 Å². The second kappa shape index (κ2) is 5.19. The van der Waals surface area contributed by atoms with Crippen LogP contribution in [0.5, 0.6) is 0 Å². The van der Waals surface area contributed by atoms with Gasteiger partial charge in [-0.3, -0.25) is 0 Å². The van der Waals surface area contributed by atoms with Crippen molar-refractivity contribution in [1.82, 2.24) is 10.3 Å². The van der Waals surface area contributed by atoms with E-state index in [1.165, 1.54) is 23.4 Å². The van der Waals surface area contributed by atoms with E-state index < -0.39 is 0 Å². The van der Waals surface area contributed by atoms with Crippen LogP contribution >= 0.6 is 22.9 Å². The Morgan fingerprint density at radius 1 is 1.42 bits per heavy atom. The third-order valence-electron chi connectivity index (χ3n) is 3.41. The maximum Gasteiger partial charge on any atom is 0.125 e. The van der Waals surface area contributed by atoms with Crippen LogP contribution in [-0.2, 0) is 6.42 Å². The molecule has 0 aliphatic heterocycles. The molecule has 0 amide bonds. The topological polar surface area (TPSA) is 24.9 Å². The van der Waals surface area contributed by atoms with Gasteiger partial charge in [0.05, 0.1) is 11.7 Å². The van der Waals surface area contributed by atoms with Crippen molar-refractivity contribution in [2.75, 3.05) is 7.05 Å². The summed E-state index contributed by atoms with van der Waals surface area (Å²) in [5.41, 5.74) is 1.88. The molecule has 2 nitrogen and oxygen atoms in total. The van der Waals surface area contributed by atoms with Gasteiger partial charge >= 0.3 is 0 Å². The number of rotatable bonds is 2. The maximum atomic E-state index is 13.4. The molecule has 5 heteroatoms. The van der Waals surface area contributed by atoms with Crippen molar-refractivity contribution in [2.24, 2.45) is 0 Å². The number of thiazole rings is 1. The van der Waals surface area contributed by atoms with Crippen LogP contribution in [-0.4, -0.2) is 12.0 Å². The van der Waals surface area contributed by atoms with Gasteiger partial charge in [-0.1, -0.05) is 11.6 Å². The number of nitrogens with one attached hydrogen (secondary N) is 1. The number of aromatic nitrogens is 1. The van der Waals surface area contributed by atoms with Crippen molar-refractivity contribution >= 4 is 22.9 Å². The van der Waals surface area contributed by atoms with E-state index in [4.69, 9.17) is 11.6 Å². The van der Waals surface area contributed by atoms with Gasteiger partial charge in [-0.05, 0) is 44.5 Å². The average Bonchev–Trinajstić information content (AvgIpc) is 2.81. The normalized spacial score (nSPS) is 18.4. The monoisotopic (exact) mass is 296 g/mol. The molecule has 3 rings (SSSR count). The molecule has 1 unspecified atom stereocenters. The fourth-order valence-corrected chi connectivity index (χ4v) is 3.87. The Labute approximate surface area is 120 Å². The smallest absolute Gasteiger partial charge is 0.125 e. The summed E-state index contributed by atoms with van der Waals surface area (Å²) in [4.78, 5) is 5.99. The van der Waals surface area contributed by atoms with E-state index in [0.29, 0.717) is 11.1 Å². The highest BCUT2D eigenvalue weighted by atomic mass is 35.5. The minimum absolute atomic E-state index is 0.317. The minimum atomic E-state index is -0.319. The molecular formula is C14H14ClFN2S. The maximum absolute atomic E-state index is 13.4. The predicted molar refractivity (Wildman–Crippen MR) is 77.3 cm³/mol. The number of benzene rings is 1. The second-order valence-electron chi connectivity index (χ2n) is 4.72. The van der Waals surface area contributed by atoms with Crippen molar-refractivity contribution in [2.45, 2.75) is 25.3 Å². The summed E-state index contributed by atoms with van der Waals surface area (Å²) in [5.74, 6) is -0.319. The first kappa shape index (κ1) is 13.0. The first-order chi connectivity index (χ1) is 9.17. The molecule has 0 saturated carbocycles. The first-order valence-electron chi connectivity index (χ1n) is 6.30. The Hall–Kier alpha value is -0.970. The van der Waals surface area contributed by atoms with E-state index in [0.717, 1.165) is 29.1 Å². The molecule has 1 heterocycles. The molecule has 0 radical (unpaired) electrons. The number of aryl methyl sites for hydroxylation is 1. The highest BCUT2D eigenvalue weighted by Gasteiger charge is 2.23. The van der Waals surface area contributed by atoms with Gasteiger partial charge in [0, 0.05) is 15.5 Å². The number of hydrogen-bond donors (Lipinski definition) is 1. The molecule has 0 spiro atoms. The lowest BCUT2D eigenvalue weighted by Gasteiger charge is -2.19. The Kier molecular flexibility index (Phi) is 3.56. The van der Waals surface area contributed by atoms with Crippen LogP contribution in [0, 0.1) is 5.82 Å². The Morgan fingerprint density at radius 3 is 3.00 bits per heavy atom. The molecular weight excluding hydrogens is 283 g/mol. The van der Waals surface area contributed by atoms with Gasteiger partial charge in [0.2, 0.25) is 0 Å². The summed E-state index contributed by atoms with van der Waals surface area (Å²) in [6.07, 6.45) is 3.34. The van der Waals surface area contributed by atoms with Gasteiger partial charge in [-0.15, -0.1) is 11.3 Å². The Morgan fingerprint density at radius 2 is 2.26 bits per heavy atom. The molecule has 0 saturated heterocycles. The highest BCUT2D eigenvalue weighted by Crippen LogP contribution is 2.37. The van der Waals surface area contributed by atoms with Crippen LogP contribution in [0.1, 0.15) is 29.5 Å². The minimum Gasteiger partial charge on any atom is -0.312 e. The molecule has 1 atom stereocenters. The van der Waals surface area contributed by atoms with E-state index in [9.17, 15) is 4.39 Å². The van der Waals surface area contributed by atoms with Gasteiger partial charge in [0.25, 0.3) is 0 Å². The molecule has 1 aromatic heterocycles. The van der Waals surface area contributed by atoms with E-state index in [-0.39, 0.29) is 5.82 Å². The van der Waals surface area contributed by atoms with Gasteiger partial charge in [0.1, 0.15) is 10.8 Å². The SMILES string of the molecule is CNC1CCCc2sc(-c3cc(F)cc(Cl)c3)nc21. The number of hydrogen-bond acceptors (Lipinski definition) is 3. The fraction of sp³-hybridized carbons (Fsp3) is 0.357. The fourth-order valence-electron chi connectivity index (χ4n) is 2.50. The molecule has 1 aliphatic rings. The summed E-state index contributed by atoms with van der Waals surface area (Å²) < 4.78 is 13.4. The number of halogens is 2. The largest absolute Gasteiger partial charge is 0.312 e. The lowest BCUT2D eigenvalue weighted by Crippen LogP contribution is -2.21. The van der Waals surface area contributed by atoms with Crippen LogP contribution < -0.4 is 5.32 Å². The molecule has 0 fully saturated rings. The van der Waals surface area contributed by atoms with Gasteiger partial charge in [-0.25, -0.2) is 9.37 Å². The standard InChI is InChI=1S/C14H14ClFN2S/c1-17-11-3-2-4-12-13(11)18-14(19-12)8-5-9(15)7-10(16)6-8/h5-7,11,17H,2-4H2,1H3. The molecule has 1 N–H and O–H groups in total. The van der Waals surface area contributed by atoms with Crippen LogP contribution in [0.4, 0.5) is 4.39 Å². The summed E-state index contributed by atoms with van der Waals surface area (Å²) in [6.45, 7) is 0. The van der Waals surface area contributed by atoms with Gasteiger partial charge < -0.3 is 5.32 Å². The second-order valence-corrected chi connectivity index (χ2v) is 6.24. The summed E-state index contributed by atoms with van der Waals surface area (Å²) >= 11 is 7.56. The quantitative estimate of drug-likeness (QED) is 0.898. The molecule has 100 valence electrons. The first-order valence-corrected chi connectivity index (χ1v) is 7.50. The van der Waals surface area contributed by atoms with E-state index in [1.807, 2.05) is 7.05 Å². The predicted octanol–water partition coefficient (Wildman–Crippen LogP) is 4.20. The van der Waals surface area contributed by atoms with Gasteiger partial charge in [0.15, 0.2) is 0 Å². The van der Waals surface area contributed by atoms with Crippen molar-refractivity contribution < 1.29 is 4.39 Å². The van der Waals surface area contributed by atoms with Crippen molar-refractivity contribution in [3.05, 3.63) is 39.6 Å². The molecule has 1 aromatic carbocycles. The zero-order chi connectivity index (χ0) is 13.4. The van der Waals surface area contributed by atoms with Crippen LogP contribution in [0.3, 0.4) is 0 Å². The summed E-state index contributed by atoms with van der Waals surface area (Å²) in [6, 6.07) is 4.89. The van der Waals surface area contributed by atoms with Crippen molar-refractivity contribution in [3.8, 4) is 10.6 Å². The lowest BCUT2D eigenvalue weighted by atomic mass is 9.98. The lowest BCUT2D eigenvalue weighted by molar-refractivity contribution is 0.490. The number of nitrogens with zero attached hydrogens (tertiary/aromatic N) is 1. The highest BCUT2D eigenvalue weighted by molar-refractivity contribution is 7.15. The molecule has 0 bridgehead atoms. The molecule has 1 aliphatic carbocycles. The summed E-state index contributed by atoms with van der Waals surface area (Å²) in [7, 11) is 1.96. The third kappa shape index (κ3) is 2.53. The van der Waals surface area contributed by atoms with E-state index in [1.54, 1.807) is 17.4 Å². The number of fused-ring (bicyclic) bond motifs is 1. The molecule has 19 heavy (non-hydrogen) atoms.